The zero-order valence-corrected chi connectivity index (χ0v) is 22.5. The standard InChI is InChI=1S/C28H34Br2N2/c1-3-5-7-13-19-31-23-17-11-9-15-21(23)25(29)27(31)28-26(30)22-16-10-12-18-24(22)32(28)20-14-8-6-4-2/h9-12,15-18H,3-8,13-14,19-20H2,1-2H3. The highest BCUT2D eigenvalue weighted by Crippen LogP contribution is 2.45. The monoisotopic (exact) mass is 556 g/mol. The molecule has 32 heavy (non-hydrogen) atoms. The highest BCUT2D eigenvalue weighted by atomic mass is 79.9. The Bertz CT molecular complexity index is 1090. The Hall–Kier alpha value is -1.52. The van der Waals surface area contributed by atoms with Gasteiger partial charge in [0, 0.05) is 34.9 Å². The van der Waals surface area contributed by atoms with Gasteiger partial charge in [-0.05, 0) is 56.8 Å². The minimum atomic E-state index is 1.05. The molecule has 4 heteroatoms. The molecule has 0 aliphatic carbocycles. The third-order valence-electron chi connectivity index (χ3n) is 6.51. The molecule has 0 fully saturated rings. The van der Waals surface area contributed by atoms with E-state index in [0.29, 0.717) is 0 Å². The van der Waals surface area contributed by atoms with E-state index in [1.54, 1.807) is 0 Å². The van der Waals surface area contributed by atoms with Crippen LogP contribution in [0.1, 0.15) is 65.2 Å². The quantitative estimate of drug-likeness (QED) is 0.162. The van der Waals surface area contributed by atoms with Crippen molar-refractivity contribution in [2.45, 2.75) is 78.3 Å². The van der Waals surface area contributed by atoms with Gasteiger partial charge in [0.2, 0.25) is 0 Å². The second kappa shape index (κ2) is 11.1. The van der Waals surface area contributed by atoms with Gasteiger partial charge in [0.1, 0.15) is 0 Å². The minimum Gasteiger partial charge on any atom is -0.338 e. The van der Waals surface area contributed by atoms with Gasteiger partial charge in [-0.2, -0.15) is 0 Å². The summed E-state index contributed by atoms with van der Waals surface area (Å²) in [7, 11) is 0. The summed E-state index contributed by atoms with van der Waals surface area (Å²) in [4.78, 5) is 0. The fourth-order valence-corrected chi connectivity index (χ4v) is 6.32. The van der Waals surface area contributed by atoms with Crippen LogP contribution >= 0.6 is 31.9 Å². The summed E-state index contributed by atoms with van der Waals surface area (Å²) in [5.74, 6) is 0. The number of hydrogen-bond donors (Lipinski definition) is 0. The number of fused-ring (bicyclic) bond motifs is 2. The first kappa shape index (κ1) is 23.6. The van der Waals surface area contributed by atoms with Crippen molar-refractivity contribution in [3.05, 3.63) is 57.5 Å². The number of para-hydroxylation sites is 2. The van der Waals surface area contributed by atoms with Crippen LogP contribution in [-0.4, -0.2) is 9.13 Å². The van der Waals surface area contributed by atoms with Crippen molar-refractivity contribution in [1.82, 2.24) is 9.13 Å². The Morgan fingerprint density at radius 1 is 0.562 bits per heavy atom. The van der Waals surface area contributed by atoms with Gasteiger partial charge in [0.25, 0.3) is 0 Å². The van der Waals surface area contributed by atoms with E-state index in [1.165, 1.54) is 93.5 Å². The van der Waals surface area contributed by atoms with Gasteiger partial charge in [-0.25, -0.2) is 0 Å². The van der Waals surface area contributed by atoms with E-state index < -0.39 is 0 Å². The van der Waals surface area contributed by atoms with Crippen molar-refractivity contribution in [2.75, 3.05) is 0 Å². The van der Waals surface area contributed by atoms with Gasteiger partial charge >= 0.3 is 0 Å². The summed E-state index contributed by atoms with van der Waals surface area (Å²) in [5, 5.41) is 2.60. The van der Waals surface area contributed by atoms with Gasteiger partial charge in [-0.15, -0.1) is 0 Å². The Kier molecular flexibility index (Phi) is 8.17. The lowest BCUT2D eigenvalue weighted by molar-refractivity contribution is 0.584. The molecule has 2 heterocycles. The van der Waals surface area contributed by atoms with E-state index in [0.717, 1.165) is 13.1 Å². The van der Waals surface area contributed by atoms with E-state index >= 15 is 0 Å². The summed E-state index contributed by atoms with van der Waals surface area (Å²) in [6.07, 6.45) is 10.1. The second-order valence-electron chi connectivity index (χ2n) is 8.78. The zero-order valence-electron chi connectivity index (χ0n) is 19.3. The van der Waals surface area contributed by atoms with Crippen LogP contribution in [0.5, 0.6) is 0 Å². The summed E-state index contributed by atoms with van der Waals surface area (Å²) >= 11 is 8.05. The van der Waals surface area contributed by atoms with E-state index in [-0.39, 0.29) is 0 Å². The van der Waals surface area contributed by atoms with Gasteiger partial charge in [-0.1, -0.05) is 88.8 Å². The number of hydrogen-bond acceptors (Lipinski definition) is 0. The molecule has 2 nitrogen and oxygen atoms in total. The predicted octanol–water partition coefficient (Wildman–Crippen LogP) is 9.95. The minimum absolute atomic E-state index is 1.05. The molecule has 2 aromatic carbocycles. The van der Waals surface area contributed by atoms with E-state index in [1.807, 2.05) is 0 Å². The highest BCUT2D eigenvalue weighted by molar-refractivity contribution is 9.11. The Morgan fingerprint density at radius 3 is 1.38 bits per heavy atom. The number of nitrogens with zero attached hydrogens (tertiary/aromatic N) is 2. The fraction of sp³-hybridized carbons (Fsp3) is 0.429. The number of halogens is 2. The van der Waals surface area contributed by atoms with E-state index in [4.69, 9.17) is 0 Å². The molecule has 170 valence electrons. The molecule has 2 aromatic heterocycles. The van der Waals surface area contributed by atoms with Gasteiger partial charge in [0.05, 0.1) is 20.3 Å². The second-order valence-corrected chi connectivity index (χ2v) is 10.4. The van der Waals surface area contributed by atoms with Crippen molar-refractivity contribution < 1.29 is 0 Å². The number of rotatable bonds is 11. The summed E-state index contributed by atoms with van der Waals surface area (Å²) in [6.45, 7) is 6.65. The predicted molar refractivity (Wildman–Crippen MR) is 147 cm³/mol. The largest absolute Gasteiger partial charge is 0.338 e. The maximum atomic E-state index is 4.03. The average Bonchev–Trinajstić information content (AvgIpc) is 3.25. The molecule has 0 radical (unpaired) electrons. The molecule has 0 amide bonds. The summed E-state index contributed by atoms with van der Waals surface area (Å²) < 4.78 is 7.52. The van der Waals surface area contributed by atoms with E-state index in [9.17, 15) is 0 Å². The first-order valence-corrected chi connectivity index (χ1v) is 13.8. The first-order chi connectivity index (χ1) is 15.7. The molecule has 0 saturated heterocycles. The molecule has 0 unspecified atom stereocenters. The third-order valence-corrected chi connectivity index (χ3v) is 8.12. The average molecular weight is 558 g/mol. The number of aromatic nitrogens is 2. The Labute approximate surface area is 209 Å². The smallest absolute Gasteiger partial charge is 0.0815 e. The van der Waals surface area contributed by atoms with Crippen LogP contribution in [0.15, 0.2) is 57.5 Å². The molecule has 0 spiro atoms. The van der Waals surface area contributed by atoms with Crippen LogP contribution in [0, 0.1) is 0 Å². The lowest BCUT2D eigenvalue weighted by Crippen LogP contribution is -2.06. The van der Waals surface area contributed by atoms with Gasteiger partial charge in [0.15, 0.2) is 0 Å². The highest BCUT2D eigenvalue weighted by Gasteiger charge is 2.24. The molecular formula is C28H34Br2N2. The van der Waals surface area contributed by atoms with Crippen LogP contribution in [0.3, 0.4) is 0 Å². The van der Waals surface area contributed by atoms with Crippen molar-refractivity contribution in [3.8, 4) is 11.4 Å². The van der Waals surface area contributed by atoms with Crippen LogP contribution in [-0.2, 0) is 13.1 Å². The first-order valence-electron chi connectivity index (χ1n) is 12.2. The molecule has 0 aliphatic heterocycles. The lowest BCUT2D eigenvalue weighted by atomic mass is 10.2. The van der Waals surface area contributed by atoms with Crippen molar-refractivity contribution in [2.24, 2.45) is 0 Å². The molecule has 0 aliphatic rings. The number of unbranched alkanes of at least 4 members (excludes halogenated alkanes) is 6. The van der Waals surface area contributed by atoms with Crippen LogP contribution in [0.2, 0.25) is 0 Å². The lowest BCUT2D eigenvalue weighted by Gasteiger charge is -2.16. The number of benzene rings is 2. The molecule has 4 rings (SSSR count). The Balaban J connectivity index is 1.88. The maximum absolute atomic E-state index is 4.03. The van der Waals surface area contributed by atoms with Crippen LogP contribution < -0.4 is 0 Å². The van der Waals surface area contributed by atoms with E-state index in [2.05, 4.69) is 103 Å². The summed E-state index contributed by atoms with van der Waals surface area (Å²) in [5.41, 5.74) is 5.25. The van der Waals surface area contributed by atoms with Crippen LogP contribution in [0.4, 0.5) is 0 Å². The topological polar surface area (TPSA) is 9.86 Å². The maximum Gasteiger partial charge on any atom is 0.0815 e. The molecule has 0 bridgehead atoms. The van der Waals surface area contributed by atoms with Crippen molar-refractivity contribution in [3.63, 3.8) is 0 Å². The molecule has 0 atom stereocenters. The van der Waals surface area contributed by atoms with Crippen LogP contribution in [0.25, 0.3) is 33.2 Å². The molecule has 4 aromatic rings. The SMILES string of the molecule is CCCCCCn1c(-c2c(Br)c3ccccc3n2CCCCCC)c(Br)c2ccccc21. The van der Waals surface area contributed by atoms with Crippen molar-refractivity contribution >= 4 is 53.7 Å². The number of aryl methyl sites for hydroxylation is 2. The Morgan fingerprint density at radius 2 is 0.969 bits per heavy atom. The zero-order chi connectivity index (χ0) is 22.5. The molecular weight excluding hydrogens is 524 g/mol. The molecule has 0 N–H and O–H groups in total. The summed E-state index contributed by atoms with van der Waals surface area (Å²) in [6, 6.07) is 17.6. The third kappa shape index (κ3) is 4.59. The fourth-order valence-electron chi connectivity index (χ4n) is 4.84. The van der Waals surface area contributed by atoms with Crippen molar-refractivity contribution in [1.29, 1.82) is 0 Å². The normalized spacial score (nSPS) is 11.8. The van der Waals surface area contributed by atoms with Gasteiger partial charge in [-0.3, -0.25) is 0 Å². The van der Waals surface area contributed by atoms with Gasteiger partial charge < -0.3 is 9.13 Å². The molecule has 0 saturated carbocycles.